The number of azide groups is 1. The highest BCUT2D eigenvalue weighted by Crippen LogP contribution is 2.31. The van der Waals surface area contributed by atoms with Gasteiger partial charge < -0.3 is 10.4 Å². The molecule has 0 aliphatic heterocycles. The van der Waals surface area contributed by atoms with Crippen molar-refractivity contribution in [1.82, 2.24) is 0 Å². The molecular formula is C12H15FN4O. The molecule has 18 heavy (non-hydrogen) atoms. The van der Waals surface area contributed by atoms with Crippen LogP contribution in [0.2, 0.25) is 0 Å². The molecule has 1 aromatic rings. The Labute approximate surface area is 104 Å². The molecule has 1 aliphatic carbocycles. The first-order valence-electron chi connectivity index (χ1n) is 5.99. The average molecular weight is 250 g/mol. The van der Waals surface area contributed by atoms with Crippen molar-refractivity contribution in [3.8, 4) is 0 Å². The number of nitrogens with zero attached hydrogens (tertiary/aromatic N) is 3. The van der Waals surface area contributed by atoms with Crippen molar-refractivity contribution in [3.63, 3.8) is 0 Å². The van der Waals surface area contributed by atoms with Crippen LogP contribution < -0.4 is 5.32 Å². The van der Waals surface area contributed by atoms with Crippen LogP contribution >= 0.6 is 0 Å². The third-order valence-electron chi connectivity index (χ3n) is 3.19. The summed E-state index contributed by atoms with van der Waals surface area (Å²) in [5, 5.41) is 16.0. The first kappa shape index (κ1) is 12.7. The first-order chi connectivity index (χ1) is 8.70. The fraction of sp³-hybridized carbons (Fsp3) is 0.500. The quantitative estimate of drug-likeness (QED) is 0.489. The molecule has 1 aromatic carbocycles. The largest absolute Gasteiger partial charge is 0.393 e. The lowest BCUT2D eigenvalue weighted by Crippen LogP contribution is -2.28. The summed E-state index contributed by atoms with van der Waals surface area (Å²) >= 11 is 0. The zero-order valence-corrected chi connectivity index (χ0v) is 9.88. The van der Waals surface area contributed by atoms with E-state index in [1.165, 1.54) is 6.07 Å². The van der Waals surface area contributed by atoms with Crippen molar-refractivity contribution in [2.24, 2.45) is 5.11 Å². The molecule has 0 atom stereocenters. The second kappa shape index (κ2) is 5.71. The van der Waals surface area contributed by atoms with E-state index in [-0.39, 0.29) is 17.8 Å². The maximum absolute atomic E-state index is 13.5. The van der Waals surface area contributed by atoms with Gasteiger partial charge in [-0.15, -0.1) is 0 Å². The molecule has 0 amide bonds. The molecule has 1 saturated carbocycles. The third kappa shape index (κ3) is 2.91. The van der Waals surface area contributed by atoms with Crippen molar-refractivity contribution in [2.45, 2.75) is 37.8 Å². The monoisotopic (exact) mass is 250 g/mol. The molecule has 1 fully saturated rings. The zero-order valence-electron chi connectivity index (χ0n) is 9.88. The molecule has 0 aromatic heterocycles. The van der Waals surface area contributed by atoms with Gasteiger partial charge in [0.05, 0.1) is 11.8 Å². The van der Waals surface area contributed by atoms with E-state index in [0.29, 0.717) is 5.69 Å². The van der Waals surface area contributed by atoms with Crippen LogP contribution in [0.3, 0.4) is 0 Å². The molecule has 6 heteroatoms. The van der Waals surface area contributed by atoms with Gasteiger partial charge in [-0.05, 0) is 43.3 Å². The lowest BCUT2D eigenvalue weighted by molar-refractivity contribution is 0.126. The molecule has 0 saturated heterocycles. The summed E-state index contributed by atoms with van der Waals surface area (Å²) < 4.78 is 13.5. The van der Waals surface area contributed by atoms with E-state index in [4.69, 9.17) is 5.53 Å². The third-order valence-corrected chi connectivity index (χ3v) is 3.19. The van der Waals surface area contributed by atoms with E-state index in [0.717, 1.165) is 25.7 Å². The Morgan fingerprint density at radius 1 is 1.33 bits per heavy atom. The molecular weight excluding hydrogens is 235 g/mol. The maximum Gasteiger partial charge on any atom is 0.134 e. The van der Waals surface area contributed by atoms with E-state index < -0.39 is 5.82 Å². The number of anilines is 1. The lowest BCUT2D eigenvalue weighted by atomic mass is 9.93. The van der Waals surface area contributed by atoms with E-state index in [1.54, 1.807) is 12.1 Å². The summed E-state index contributed by atoms with van der Waals surface area (Å²) in [5.74, 6) is -0.534. The SMILES string of the molecule is [N-]=[N+]=Nc1c(F)cccc1NC1CCC(O)CC1. The second-order valence-electron chi connectivity index (χ2n) is 4.48. The number of benzene rings is 1. The summed E-state index contributed by atoms with van der Waals surface area (Å²) in [6.45, 7) is 0. The Hall–Kier alpha value is -1.78. The molecule has 2 N–H and O–H groups in total. The number of halogens is 1. The van der Waals surface area contributed by atoms with Gasteiger partial charge in [0.2, 0.25) is 0 Å². The maximum atomic E-state index is 13.5. The van der Waals surface area contributed by atoms with Crippen molar-refractivity contribution in [1.29, 1.82) is 0 Å². The van der Waals surface area contributed by atoms with Crippen LogP contribution in [-0.2, 0) is 0 Å². The molecule has 0 radical (unpaired) electrons. The van der Waals surface area contributed by atoms with Crippen LogP contribution in [-0.4, -0.2) is 17.3 Å². The number of nitrogens with one attached hydrogen (secondary N) is 1. The minimum Gasteiger partial charge on any atom is -0.393 e. The fourth-order valence-corrected chi connectivity index (χ4v) is 2.22. The van der Waals surface area contributed by atoms with E-state index >= 15 is 0 Å². The Bertz CT molecular complexity index is 465. The smallest absolute Gasteiger partial charge is 0.134 e. The van der Waals surface area contributed by atoms with Crippen LogP contribution in [0.15, 0.2) is 23.3 Å². The number of hydrogen-bond donors (Lipinski definition) is 2. The zero-order chi connectivity index (χ0) is 13.0. The highest BCUT2D eigenvalue weighted by molar-refractivity contribution is 5.66. The van der Waals surface area contributed by atoms with Gasteiger partial charge in [0, 0.05) is 16.6 Å². The van der Waals surface area contributed by atoms with E-state index in [2.05, 4.69) is 15.3 Å². The molecule has 0 bridgehead atoms. The standard InChI is InChI=1S/C12H15FN4O/c13-10-2-1-3-11(12(10)16-17-14)15-8-4-6-9(18)7-5-8/h1-3,8-9,15,18H,4-7H2. The van der Waals surface area contributed by atoms with Crippen LogP contribution in [0.25, 0.3) is 10.4 Å². The normalized spacial score (nSPS) is 23.2. The highest BCUT2D eigenvalue weighted by Gasteiger charge is 2.20. The number of rotatable bonds is 3. The van der Waals surface area contributed by atoms with Crippen LogP contribution in [0.4, 0.5) is 15.8 Å². The summed E-state index contributed by atoms with van der Waals surface area (Å²) in [5.41, 5.74) is 8.95. The topological polar surface area (TPSA) is 81.0 Å². The predicted molar refractivity (Wildman–Crippen MR) is 67.1 cm³/mol. The number of aliphatic hydroxyl groups excluding tert-OH is 1. The molecule has 0 spiro atoms. The predicted octanol–water partition coefficient (Wildman–Crippen LogP) is 3.48. The van der Waals surface area contributed by atoms with Crippen molar-refractivity contribution >= 4 is 11.4 Å². The minimum absolute atomic E-state index is 0.00567. The van der Waals surface area contributed by atoms with Crippen LogP contribution in [0.1, 0.15) is 25.7 Å². The van der Waals surface area contributed by atoms with Gasteiger partial charge in [-0.25, -0.2) is 4.39 Å². The van der Waals surface area contributed by atoms with Gasteiger partial charge in [-0.1, -0.05) is 11.2 Å². The fourth-order valence-electron chi connectivity index (χ4n) is 2.22. The summed E-state index contributed by atoms with van der Waals surface area (Å²) in [6, 6.07) is 4.71. The van der Waals surface area contributed by atoms with Crippen molar-refractivity contribution < 1.29 is 9.50 Å². The first-order valence-corrected chi connectivity index (χ1v) is 5.99. The molecule has 1 aliphatic rings. The van der Waals surface area contributed by atoms with Crippen molar-refractivity contribution in [2.75, 3.05) is 5.32 Å². The molecule has 5 nitrogen and oxygen atoms in total. The van der Waals surface area contributed by atoms with Crippen LogP contribution in [0, 0.1) is 5.82 Å². The number of hydrogen-bond acceptors (Lipinski definition) is 3. The Kier molecular flexibility index (Phi) is 4.02. The van der Waals surface area contributed by atoms with E-state index in [9.17, 15) is 9.50 Å². The van der Waals surface area contributed by atoms with Gasteiger partial charge in [0.15, 0.2) is 0 Å². The van der Waals surface area contributed by atoms with E-state index in [1.807, 2.05) is 0 Å². The molecule has 0 unspecified atom stereocenters. The lowest BCUT2D eigenvalue weighted by Gasteiger charge is -2.27. The highest BCUT2D eigenvalue weighted by atomic mass is 19.1. The second-order valence-corrected chi connectivity index (χ2v) is 4.48. The van der Waals surface area contributed by atoms with Gasteiger partial charge in [0.25, 0.3) is 0 Å². The van der Waals surface area contributed by atoms with Gasteiger partial charge in [-0.3, -0.25) is 0 Å². The van der Waals surface area contributed by atoms with Crippen molar-refractivity contribution in [3.05, 3.63) is 34.5 Å². The van der Waals surface area contributed by atoms with Gasteiger partial charge in [0.1, 0.15) is 5.82 Å². The average Bonchev–Trinajstić information content (AvgIpc) is 2.36. The molecule has 96 valence electrons. The Morgan fingerprint density at radius 3 is 2.72 bits per heavy atom. The van der Waals surface area contributed by atoms with Crippen LogP contribution in [0.5, 0.6) is 0 Å². The summed E-state index contributed by atoms with van der Waals surface area (Å²) in [7, 11) is 0. The minimum atomic E-state index is -0.534. The summed E-state index contributed by atoms with van der Waals surface area (Å²) in [6.07, 6.45) is 2.90. The molecule has 2 rings (SSSR count). The summed E-state index contributed by atoms with van der Waals surface area (Å²) in [4.78, 5) is 2.64. The van der Waals surface area contributed by atoms with Gasteiger partial charge in [-0.2, -0.15) is 0 Å². The Morgan fingerprint density at radius 2 is 2.06 bits per heavy atom. The Balaban J connectivity index is 2.13. The van der Waals surface area contributed by atoms with Gasteiger partial charge >= 0.3 is 0 Å². The number of aliphatic hydroxyl groups is 1. The molecule has 0 heterocycles.